The van der Waals surface area contributed by atoms with Gasteiger partial charge in [-0.25, -0.2) is 0 Å². The number of carbonyl (C=O) groups excluding carboxylic acids is 1. The van der Waals surface area contributed by atoms with Gasteiger partial charge in [0.25, 0.3) is 11.4 Å². The highest BCUT2D eigenvalue weighted by Crippen LogP contribution is 2.29. The molecule has 26 heavy (non-hydrogen) atoms. The van der Waals surface area contributed by atoms with Crippen molar-refractivity contribution in [1.82, 2.24) is 0 Å². The van der Waals surface area contributed by atoms with E-state index in [9.17, 15) is 25.0 Å². The fraction of sp³-hybridized carbons (Fsp3) is 0.118. The van der Waals surface area contributed by atoms with E-state index in [4.69, 9.17) is 0 Å². The largest absolute Gasteiger partial charge is 0.371 e. The first kappa shape index (κ1) is 17.1. The molecule has 1 aliphatic rings. The van der Waals surface area contributed by atoms with Crippen molar-refractivity contribution in [3.05, 3.63) is 80.9 Å². The summed E-state index contributed by atoms with van der Waals surface area (Å²) in [6, 6.07) is 10.6. The van der Waals surface area contributed by atoms with E-state index in [-0.39, 0.29) is 28.5 Å². The van der Waals surface area contributed by atoms with E-state index >= 15 is 0 Å². The summed E-state index contributed by atoms with van der Waals surface area (Å²) in [5, 5.41) is 28.1. The molecule has 0 saturated carbocycles. The number of benzene rings is 2. The number of ketones is 1. The lowest BCUT2D eigenvalue weighted by Gasteiger charge is -2.22. The zero-order valence-electron chi connectivity index (χ0n) is 13.4. The Bertz CT molecular complexity index is 912. The van der Waals surface area contributed by atoms with E-state index in [0.717, 1.165) is 0 Å². The first-order chi connectivity index (χ1) is 12.5. The molecule has 2 atom stereocenters. The van der Waals surface area contributed by atoms with Crippen molar-refractivity contribution < 1.29 is 14.6 Å². The third kappa shape index (κ3) is 3.36. The van der Waals surface area contributed by atoms with E-state index in [0.29, 0.717) is 0 Å². The van der Waals surface area contributed by atoms with Gasteiger partial charge in [0, 0.05) is 12.1 Å². The molecule has 0 amide bonds. The van der Waals surface area contributed by atoms with Gasteiger partial charge in [0.05, 0.1) is 15.9 Å². The number of nitro benzene ring substituents is 2. The van der Waals surface area contributed by atoms with Crippen LogP contribution in [0.2, 0.25) is 0 Å². The second-order valence-electron chi connectivity index (χ2n) is 5.60. The van der Waals surface area contributed by atoms with Crippen LogP contribution in [0, 0.1) is 20.2 Å². The summed E-state index contributed by atoms with van der Waals surface area (Å²) in [5.41, 5.74) is 0.187. The Balaban J connectivity index is 1.86. The van der Waals surface area contributed by atoms with Crippen LogP contribution in [0.15, 0.2) is 60.7 Å². The molecule has 2 N–H and O–H groups in total. The Labute approximate surface area is 147 Å². The Kier molecular flexibility index (Phi) is 4.61. The standard InChI is InChI=1S/C17H14N4O5/c22-16-10-9-13(18-11-5-1-3-7-14(11)20(23)24)17(16)19-12-6-2-4-8-15(12)21(25)26/h1-10,13,17-19H/t13-,17+/m0/s1. The van der Waals surface area contributed by atoms with Crippen LogP contribution in [0.3, 0.4) is 0 Å². The zero-order chi connectivity index (χ0) is 18.7. The van der Waals surface area contributed by atoms with Crippen molar-refractivity contribution in [2.75, 3.05) is 10.6 Å². The first-order valence-corrected chi connectivity index (χ1v) is 7.69. The fourth-order valence-corrected chi connectivity index (χ4v) is 2.74. The van der Waals surface area contributed by atoms with Gasteiger partial charge < -0.3 is 10.6 Å². The van der Waals surface area contributed by atoms with Crippen molar-refractivity contribution in [3.8, 4) is 0 Å². The van der Waals surface area contributed by atoms with Crippen molar-refractivity contribution in [2.24, 2.45) is 0 Å². The summed E-state index contributed by atoms with van der Waals surface area (Å²) in [6.45, 7) is 0. The summed E-state index contributed by atoms with van der Waals surface area (Å²) in [4.78, 5) is 33.4. The topological polar surface area (TPSA) is 127 Å². The number of hydrogen-bond acceptors (Lipinski definition) is 7. The summed E-state index contributed by atoms with van der Waals surface area (Å²) in [6.07, 6.45) is 2.92. The highest BCUT2D eigenvalue weighted by atomic mass is 16.6. The number of nitro groups is 2. The zero-order valence-corrected chi connectivity index (χ0v) is 13.4. The van der Waals surface area contributed by atoms with Crippen LogP contribution in [0.1, 0.15) is 0 Å². The van der Waals surface area contributed by atoms with Gasteiger partial charge in [-0.3, -0.25) is 25.0 Å². The van der Waals surface area contributed by atoms with Crippen LogP contribution in [-0.2, 0) is 4.79 Å². The Morgan fingerprint density at radius 2 is 1.31 bits per heavy atom. The minimum absolute atomic E-state index is 0.121. The van der Waals surface area contributed by atoms with E-state index in [1.807, 2.05) is 0 Å². The van der Waals surface area contributed by atoms with Crippen LogP contribution < -0.4 is 10.6 Å². The lowest BCUT2D eigenvalue weighted by molar-refractivity contribution is -0.384. The fourth-order valence-electron chi connectivity index (χ4n) is 2.74. The SMILES string of the molecule is O=C1C=C[C@H](Nc2ccccc2[N+](=O)[O-])[C@H]1Nc1ccccc1[N+](=O)[O-]. The minimum atomic E-state index is -0.823. The van der Waals surface area contributed by atoms with Crippen LogP contribution in [0.5, 0.6) is 0 Å². The van der Waals surface area contributed by atoms with Crippen LogP contribution in [-0.4, -0.2) is 27.7 Å². The van der Waals surface area contributed by atoms with Gasteiger partial charge in [-0.2, -0.15) is 0 Å². The molecule has 1 aliphatic carbocycles. The Morgan fingerprint density at radius 1 is 0.808 bits per heavy atom. The highest BCUT2D eigenvalue weighted by molar-refractivity contribution is 6.00. The van der Waals surface area contributed by atoms with E-state index < -0.39 is 21.9 Å². The van der Waals surface area contributed by atoms with Gasteiger partial charge in [-0.05, 0) is 18.2 Å². The van der Waals surface area contributed by atoms with E-state index in [1.54, 1.807) is 24.3 Å². The predicted molar refractivity (Wildman–Crippen MR) is 95.2 cm³/mol. The third-order valence-corrected chi connectivity index (χ3v) is 3.97. The van der Waals surface area contributed by atoms with Gasteiger partial charge in [-0.1, -0.05) is 30.3 Å². The molecule has 0 aliphatic heterocycles. The quantitative estimate of drug-likeness (QED) is 0.603. The molecule has 0 aromatic heterocycles. The molecular weight excluding hydrogens is 340 g/mol. The van der Waals surface area contributed by atoms with E-state index in [1.165, 1.54) is 36.4 Å². The van der Waals surface area contributed by atoms with Gasteiger partial charge in [-0.15, -0.1) is 0 Å². The van der Waals surface area contributed by atoms with Crippen LogP contribution >= 0.6 is 0 Å². The number of nitrogens with zero attached hydrogens (tertiary/aromatic N) is 2. The van der Waals surface area contributed by atoms with Crippen LogP contribution in [0.25, 0.3) is 0 Å². The summed E-state index contributed by atoms with van der Waals surface area (Å²) in [7, 11) is 0. The maximum atomic E-state index is 12.2. The number of hydrogen-bond donors (Lipinski definition) is 2. The summed E-state index contributed by atoms with van der Waals surface area (Å²) in [5.74, 6) is -0.278. The molecule has 0 bridgehead atoms. The molecular formula is C17H14N4O5. The monoisotopic (exact) mass is 354 g/mol. The van der Waals surface area contributed by atoms with Crippen molar-refractivity contribution >= 4 is 28.5 Å². The van der Waals surface area contributed by atoms with Crippen molar-refractivity contribution in [2.45, 2.75) is 12.1 Å². The lowest BCUT2D eigenvalue weighted by Crippen LogP contribution is -2.39. The summed E-state index contributed by atoms with van der Waals surface area (Å²) >= 11 is 0. The Morgan fingerprint density at radius 3 is 1.85 bits per heavy atom. The van der Waals surface area contributed by atoms with Crippen LogP contribution in [0.4, 0.5) is 22.7 Å². The molecule has 0 unspecified atom stereocenters. The molecule has 2 aromatic carbocycles. The molecule has 3 rings (SSSR count). The molecule has 2 aromatic rings. The average molecular weight is 354 g/mol. The van der Waals surface area contributed by atoms with Gasteiger partial charge >= 0.3 is 0 Å². The molecule has 0 heterocycles. The van der Waals surface area contributed by atoms with Gasteiger partial charge in [0.2, 0.25) is 0 Å². The lowest BCUT2D eigenvalue weighted by atomic mass is 10.1. The molecule has 0 saturated heterocycles. The maximum Gasteiger partial charge on any atom is 0.292 e. The normalized spacial score (nSPS) is 18.5. The molecule has 132 valence electrons. The smallest absolute Gasteiger partial charge is 0.292 e. The molecule has 0 radical (unpaired) electrons. The third-order valence-electron chi connectivity index (χ3n) is 3.97. The van der Waals surface area contributed by atoms with Gasteiger partial charge in [0.15, 0.2) is 5.78 Å². The highest BCUT2D eigenvalue weighted by Gasteiger charge is 2.32. The first-order valence-electron chi connectivity index (χ1n) is 7.69. The van der Waals surface area contributed by atoms with Gasteiger partial charge in [0.1, 0.15) is 17.4 Å². The van der Waals surface area contributed by atoms with Crippen molar-refractivity contribution in [1.29, 1.82) is 0 Å². The molecule has 9 heteroatoms. The summed E-state index contributed by atoms with van der Waals surface area (Å²) < 4.78 is 0. The number of para-hydroxylation sites is 4. The second kappa shape index (κ2) is 7.01. The number of anilines is 2. The number of rotatable bonds is 6. The average Bonchev–Trinajstić information content (AvgIpc) is 2.95. The van der Waals surface area contributed by atoms with Crippen molar-refractivity contribution in [3.63, 3.8) is 0 Å². The maximum absolute atomic E-state index is 12.2. The number of nitrogens with one attached hydrogen (secondary N) is 2. The Hall–Kier alpha value is -3.75. The minimum Gasteiger partial charge on any atom is -0.371 e. The second-order valence-corrected chi connectivity index (χ2v) is 5.60. The molecule has 0 spiro atoms. The molecule has 9 nitrogen and oxygen atoms in total. The van der Waals surface area contributed by atoms with E-state index in [2.05, 4.69) is 10.6 Å². The predicted octanol–water partition coefficient (Wildman–Crippen LogP) is 2.90. The number of carbonyl (C=O) groups is 1. The molecule has 0 fully saturated rings.